The molecule has 1 aliphatic rings. The van der Waals surface area contributed by atoms with Crippen molar-refractivity contribution >= 4 is 5.91 Å². The van der Waals surface area contributed by atoms with Gasteiger partial charge in [-0.1, -0.05) is 18.2 Å². The van der Waals surface area contributed by atoms with E-state index in [1.807, 2.05) is 31.2 Å². The SMILES string of the molecule is COc1ccccc1[C@@H](C)NC(=O)CNCC1CC1. The van der Waals surface area contributed by atoms with Crippen LogP contribution in [0.4, 0.5) is 0 Å². The lowest BCUT2D eigenvalue weighted by atomic mass is 10.1. The van der Waals surface area contributed by atoms with Crippen molar-refractivity contribution in [2.75, 3.05) is 20.2 Å². The molecular weight excluding hydrogens is 240 g/mol. The van der Waals surface area contributed by atoms with Crippen molar-refractivity contribution in [2.45, 2.75) is 25.8 Å². The fourth-order valence-corrected chi connectivity index (χ4v) is 2.11. The number of benzene rings is 1. The molecule has 1 atom stereocenters. The van der Waals surface area contributed by atoms with Crippen molar-refractivity contribution in [2.24, 2.45) is 5.92 Å². The molecule has 0 heterocycles. The highest BCUT2D eigenvalue weighted by Crippen LogP contribution is 2.27. The highest BCUT2D eigenvalue weighted by Gasteiger charge is 2.21. The summed E-state index contributed by atoms with van der Waals surface area (Å²) in [5, 5.41) is 6.17. The molecule has 2 N–H and O–H groups in total. The fraction of sp³-hybridized carbons (Fsp3) is 0.533. The molecule has 0 bridgehead atoms. The Morgan fingerprint density at radius 1 is 1.42 bits per heavy atom. The summed E-state index contributed by atoms with van der Waals surface area (Å²) in [5.41, 5.74) is 1.00. The minimum atomic E-state index is -0.0497. The number of carbonyl (C=O) groups is 1. The van der Waals surface area contributed by atoms with Gasteiger partial charge in [-0.05, 0) is 38.3 Å². The number of methoxy groups -OCH3 is 1. The molecule has 0 unspecified atom stereocenters. The Morgan fingerprint density at radius 3 is 2.84 bits per heavy atom. The Bertz CT molecular complexity index is 430. The molecule has 1 aliphatic carbocycles. The molecular formula is C15H22N2O2. The van der Waals surface area contributed by atoms with E-state index in [0.29, 0.717) is 6.54 Å². The Morgan fingerprint density at radius 2 is 2.16 bits per heavy atom. The monoisotopic (exact) mass is 262 g/mol. The van der Waals surface area contributed by atoms with Gasteiger partial charge in [0, 0.05) is 5.56 Å². The quantitative estimate of drug-likeness (QED) is 0.788. The van der Waals surface area contributed by atoms with E-state index in [9.17, 15) is 4.79 Å². The van der Waals surface area contributed by atoms with Gasteiger partial charge in [0.2, 0.25) is 5.91 Å². The molecule has 0 radical (unpaired) electrons. The highest BCUT2D eigenvalue weighted by molar-refractivity contribution is 5.78. The molecule has 19 heavy (non-hydrogen) atoms. The number of para-hydroxylation sites is 1. The zero-order chi connectivity index (χ0) is 13.7. The van der Waals surface area contributed by atoms with Crippen LogP contribution < -0.4 is 15.4 Å². The van der Waals surface area contributed by atoms with Crippen molar-refractivity contribution in [3.63, 3.8) is 0 Å². The van der Waals surface area contributed by atoms with Crippen molar-refractivity contribution in [1.29, 1.82) is 0 Å². The van der Waals surface area contributed by atoms with Gasteiger partial charge in [-0.3, -0.25) is 4.79 Å². The second-order valence-electron chi connectivity index (χ2n) is 5.11. The molecule has 1 saturated carbocycles. The summed E-state index contributed by atoms with van der Waals surface area (Å²) in [6, 6.07) is 7.70. The third-order valence-corrected chi connectivity index (χ3v) is 3.40. The molecule has 4 nitrogen and oxygen atoms in total. The number of carbonyl (C=O) groups excluding carboxylic acids is 1. The lowest BCUT2D eigenvalue weighted by molar-refractivity contribution is -0.120. The fourth-order valence-electron chi connectivity index (χ4n) is 2.11. The summed E-state index contributed by atoms with van der Waals surface area (Å²) in [5.74, 6) is 1.62. The average Bonchev–Trinajstić information content (AvgIpc) is 3.22. The van der Waals surface area contributed by atoms with E-state index in [4.69, 9.17) is 4.74 Å². The van der Waals surface area contributed by atoms with E-state index in [0.717, 1.165) is 23.8 Å². The van der Waals surface area contributed by atoms with Gasteiger partial charge in [-0.15, -0.1) is 0 Å². The van der Waals surface area contributed by atoms with Gasteiger partial charge >= 0.3 is 0 Å². The maximum absolute atomic E-state index is 11.8. The van der Waals surface area contributed by atoms with Gasteiger partial charge in [0.25, 0.3) is 0 Å². The van der Waals surface area contributed by atoms with Gasteiger partial charge in [0.15, 0.2) is 0 Å². The number of ether oxygens (including phenoxy) is 1. The predicted octanol–water partition coefficient (Wildman–Crippen LogP) is 1.87. The van der Waals surface area contributed by atoms with E-state index in [1.165, 1.54) is 12.8 Å². The summed E-state index contributed by atoms with van der Waals surface area (Å²) in [4.78, 5) is 11.8. The van der Waals surface area contributed by atoms with Gasteiger partial charge in [-0.2, -0.15) is 0 Å². The van der Waals surface area contributed by atoms with E-state index in [1.54, 1.807) is 7.11 Å². The smallest absolute Gasteiger partial charge is 0.234 e. The third-order valence-electron chi connectivity index (χ3n) is 3.40. The van der Waals surface area contributed by atoms with Crippen LogP contribution in [0.3, 0.4) is 0 Å². The summed E-state index contributed by atoms with van der Waals surface area (Å²) < 4.78 is 5.30. The maximum Gasteiger partial charge on any atom is 0.234 e. The molecule has 1 fully saturated rings. The maximum atomic E-state index is 11.8. The normalized spacial score (nSPS) is 15.9. The van der Waals surface area contributed by atoms with Crippen LogP contribution >= 0.6 is 0 Å². The Kier molecular flexibility index (Phi) is 4.80. The summed E-state index contributed by atoms with van der Waals surface area (Å²) in [6.45, 7) is 3.31. The Balaban J connectivity index is 1.81. The molecule has 0 spiro atoms. The largest absolute Gasteiger partial charge is 0.496 e. The Hall–Kier alpha value is -1.55. The first-order valence-electron chi connectivity index (χ1n) is 6.83. The van der Waals surface area contributed by atoms with Crippen LogP contribution in [0.2, 0.25) is 0 Å². The Labute approximate surface area is 114 Å². The van der Waals surface area contributed by atoms with Crippen LogP contribution in [0.5, 0.6) is 5.75 Å². The summed E-state index contributed by atoms with van der Waals surface area (Å²) in [6.07, 6.45) is 2.60. The number of hydrogen-bond acceptors (Lipinski definition) is 3. The molecule has 1 aromatic carbocycles. The van der Waals surface area contributed by atoms with Crippen molar-refractivity contribution < 1.29 is 9.53 Å². The molecule has 1 amide bonds. The minimum Gasteiger partial charge on any atom is -0.496 e. The van der Waals surface area contributed by atoms with Crippen LogP contribution in [0.15, 0.2) is 24.3 Å². The number of amides is 1. The molecule has 0 aliphatic heterocycles. The van der Waals surface area contributed by atoms with E-state index in [2.05, 4.69) is 10.6 Å². The second kappa shape index (κ2) is 6.57. The standard InChI is InChI=1S/C15H22N2O2/c1-11(13-5-3-4-6-14(13)19-2)17-15(18)10-16-9-12-7-8-12/h3-6,11-12,16H,7-10H2,1-2H3,(H,17,18)/t11-/m1/s1. The average molecular weight is 262 g/mol. The predicted molar refractivity (Wildman–Crippen MR) is 75.1 cm³/mol. The van der Waals surface area contributed by atoms with Crippen LogP contribution in [0.1, 0.15) is 31.4 Å². The lowest BCUT2D eigenvalue weighted by Crippen LogP contribution is -2.36. The van der Waals surface area contributed by atoms with Gasteiger partial charge < -0.3 is 15.4 Å². The van der Waals surface area contributed by atoms with Crippen molar-refractivity contribution in [3.8, 4) is 5.75 Å². The van der Waals surface area contributed by atoms with Crippen LogP contribution in [-0.2, 0) is 4.79 Å². The van der Waals surface area contributed by atoms with Gasteiger partial charge in [-0.25, -0.2) is 0 Å². The summed E-state index contributed by atoms with van der Waals surface area (Å²) in [7, 11) is 1.64. The highest BCUT2D eigenvalue weighted by atomic mass is 16.5. The molecule has 104 valence electrons. The molecule has 0 aromatic heterocycles. The molecule has 4 heteroatoms. The summed E-state index contributed by atoms with van der Waals surface area (Å²) >= 11 is 0. The zero-order valence-electron chi connectivity index (χ0n) is 11.6. The van der Waals surface area contributed by atoms with E-state index >= 15 is 0 Å². The first-order valence-corrected chi connectivity index (χ1v) is 6.83. The first-order chi connectivity index (χ1) is 9.20. The third kappa shape index (κ3) is 4.24. The van der Waals surface area contributed by atoms with Gasteiger partial charge in [0.05, 0.1) is 19.7 Å². The number of hydrogen-bond donors (Lipinski definition) is 2. The zero-order valence-corrected chi connectivity index (χ0v) is 11.6. The molecule has 2 rings (SSSR count). The lowest BCUT2D eigenvalue weighted by Gasteiger charge is -2.17. The topological polar surface area (TPSA) is 50.4 Å². The van der Waals surface area contributed by atoms with Crippen LogP contribution in [-0.4, -0.2) is 26.1 Å². The molecule has 0 saturated heterocycles. The molecule has 1 aromatic rings. The van der Waals surface area contributed by atoms with Crippen LogP contribution in [0.25, 0.3) is 0 Å². The first kappa shape index (κ1) is 13.9. The van der Waals surface area contributed by atoms with Crippen molar-refractivity contribution in [1.82, 2.24) is 10.6 Å². The van der Waals surface area contributed by atoms with E-state index in [-0.39, 0.29) is 11.9 Å². The van der Waals surface area contributed by atoms with Crippen molar-refractivity contribution in [3.05, 3.63) is 29.8 Å². The van der Waals surface area contributed by atoms with Gasteiger partial charge in [0.1, 0.15) is 5.75 Å². The number of nitrogens with one attached hydrogen (secondary N) is 2. The minimum absolute atomic E-state index is 0.0269. The second-order valence-corrected chi connectivity index (χ2v) is 5.11. The van der Waals surface area contributed by atoms with E-state index < -0.39 is 0 Å². The number of rotatable bonds is 7. The van der Waals surface area contributed by atoms with Crippen LogP contribution in [0, 0.1) is 5.92 Å².